The molecule has 0 saturated carbocycles. The van der Waals surface area contributed by atoms with Gasteiger partial charge in [-0.1, -0.05) is 0 Å². The zero-order valence-electron chi connectivity index (χ0n) is 21.3. The van der Waals surface area contributed by atoms with Crippen LogP contribution < -0.4 is 5.32 Å². The van der Waals surface area contributed by atoms with E-state index in [1.165, 1.54) is 0 Å². The summed E-state index contributed by atoms with van der Waals surface area (Å²) in [7, 11) is 0. The van der Waals surface area contributed by atoms with Crippen molar-refractivity contribution in [3.63, 3.8) is 0 Å². The summed E-state index contributed by atoms with van der Waals surface area (Å²) in [5.41, 5.74) is -2.21. The molecule has 0 heterocycles. The Labute approximate surface area is 196 Å². The first-order valence-corrected chi connectivity index (χ1v) is 10.9. The van der Waals surface area contributed by atoms with Gasteiger partial charge in [0.2, 0.25) is 0 Å². The van der Waals surface area contributed by atoms with Crippen molar-refractivity contribution in [3.8, 4) is 0 Å². The Kier molecular flexibility index (Phi) is 11.5. The van der Waals surface area contributed by atoms with Crippen molar-refractivity contribution in [1.82, 2.24) is 5.32 Å². The molecular weight excluding hydrogens is 434 g/mol. The van der Waals surface area contributed by atoms with E-state index in [1.54, 1.807) is 62.3 Å². The smallest absolute Gasteiger partial charge is 0.408 e. The maximum Gasteiger partial charge on any atom is 0.408 e. The van der Waals surface area contributed by atoms with E-state index in [-0.39, 0.29) is 32.1 Å². The normalized spacial score (nSPS) is 12.9. The number of esters is 4. The number of carbonyl (C=O) groups is 5. The number of hydrogen-bond donors (Lipinski definition) is 1. The van der Waals surface area contributed by atoms with E-state index in [0.717, 1.165) is 0 Å². The SMILES string of the molecule is CC(C)(C)OC(=O)CCCC(=O)OC(=O)CC[C@H](NC(=O)OC(C)(C)C)C(=O)OC(C)(C)C. The van der Waals surface area contributed by atoms with Crippen molar-refractivity contribution in [2.45, 2.75) is 117 Å². The molecule has 190 valence electrons. The third kappa shape index (κ3) is 17.6. The predicted molar refractivity (Wildman–Crippen MR) is 119 cm³/mol. The highest BCUT2D eigenvalue weighted by Crippen LogP contribution is 2.14. The van der Waals surface area contributed by atoms with Gasteiger partial charge < -0.3 is 24.3 Å². The Hall–Kier alpha value is -2.65. The van der Waals surface area contributed by atoms with Gasteiger partial charge in [0.05, 0.1) is 0 Å². The molecule has 0 aliphatic heterocycles. The molecule has 0 rings (SSSR count). The van der Waals surface area contributed by atoms with Gasteiger partial charge in [-0.05, 0) is 75.2 Å². The second-order valence-electron chi connectivity index (χ2n) is 10.6. The Morgan fingerprint density at radius 2 is 1.09 bits per heavy atom. The fourth-order valence-electron chi connectivity index (χ4n) is 2.33. The van der Waals surface area contributed by atoms with E-state index >= 15 is 0 Å². The average molecular weight is 474 g/mol. The van der Waals surface area contributed by atoms with Crippen LogP contribution in [0, 0.1) is 0 Å². The molecule has 0 aliphatic rings. The van der Waals surface area contributed by atoms with Crippen molar-refractivity contribution in [2.75, 3.05) is 0 Å². The second-order valence-corrected chi connectivity index (χ2v) is 10.6. The highest BCUT2D eigenvalue weighted by molar-refractivity contribution is 5.87. The van der Waals surface area contributed by atoms with Crippen LogP contribution in [0.5, 0.6) is 0 Å². The zero-order valence-corrected chi connectivity index (χ0v) is 21.3. The standard InChI is InChI=1S/C23H39NO9/c1-21(2,3)31-18(27)12-10-11-16(25)30-17(26)14-13-15(19(28)32-22(4,5)6)24-20(29)33-23(7,8)9/h15H,10-14H2,1-9H3,(H,24,29)/t15-/m0/s1. The summed E-state index contributed by atoms with van der Waals surface area (Å²) in [4.78, 5) is 60.0. The summed E-state index contributed by atoms with van der Waals surface area (Å²) in [6.45, 7) is 15.2. The lowest BCUT2D eigenvalue weighted by Crippen LogP contribution is -2.46. The quantitative estimate of drug-likeness (QED) is 0.303. The van der Waals surface area contributed by atoms with Gasteiger partial charge in [-0.15, -0.1) is 0 Å². The third-order valence-corrected chi connectivity index (χ3v) is 3.43. The van der Waals surface area contributed by atoms with Gasteiger partial charge in [-0.2, -0.15) is 0 Å². The van der Waals surface area contributed by atoms with Gasteiger partial charge in [-0.3, -0.25) is 14.4 Å². The molecule has 0 aromatic rings. The average Bonchev–Trinajstić information content (AvgIpc) is 2.53. The molecule has 0 aromatic heterocycles. The van der Waals surface area contributed by atoms with Crippen molar-refractivity contribution in [2.24, 2.45) is 0 Å². The zero-order chi connectivity index (χ0) is 26.0. The lowest BCUT2D eigenvalue weighted by molar-refractivity contribution is -0.160. The molecule has 33 heavy (non-hydrogen) atoms. The van der Waals surface area contributed by atoms with Gasteiger partial charge in [0.1, 0.15) is 22.8 Å². The van der Waals surface area contributed by atoms with Gasteiger partial charge >= 0.3 is 30.0 Å². The topological polar surface area (TPSA) is 134 Å². The van der Waals surface area contributed by atoms with Crippen LogP contribution in [-0.4, -0.2) is 52.8 Å². The van der Waals surface area contributed by atoms with Crippen LogP contribution >= 0.6 is 0 Å². The Bertz CT molecular complexity index is 709. The Morgan fingerprint density at radius 3 is 1.58 bits per heavy atom. The van der Waals surface area contributed by atoms with Crippen LogP contribution in [0.4, 0.5) is 4.79 Å². The number of hydrogen-bond acceptors (Lipinski definition) is 9. The first-order valence-electron chi connectivity index (χ1n) is 10.9. The number of nitrogens with one attached hydrogen (secondary N) is 1. The second kappa shape index (κ2) is 12.6. The Balaban J connectivity index is 4.72. The minimum absolute atomic E-state index is 0.0150. The van der Waals surface area contributed by atoms with Crippen LogP contribution in [-0.2, 0) is 38.1 Å². The highest BCUT2D eigenvalue weighted by Gasteiger charge is 2.29. The molecular formula is C23H39NO9. The number of alkyl carbamates (subject to hydrolysis) is 1. The van der Waals surface area contributed by atoms with Crippen LogP contribution in [0.2, 0.25) is 0 Å². The number of rotatable bonds is 9. The molecule has 1 N–H and O–H groups in total. The lowest BCUT2D eigenvalue weighted by Gasteiger charge is -2.26. The predicted octanol–water partition coefficient (Wildman–Crippen LogP) is 3.58. The van der Waals surface area contributed by atoms with Gasteiger partial charge in [-0.25, -0.2) is 9.59 Å². The fraction of sp³-hybridized carbons (Fsp3) is 0.783. The molecule has 10 heteroatoms. The minimum Gasteiger partial charge on any atom is -0.460 e. The maximum atomic E-state index is 12.4. The van der Waals surface area contributed by atoms with Crippen LogP contribution in [0.25, 0.3) is 0 Å². The van der Waals surface area contributed by atoms with Crippen LogP contribution in [0.1, 0.15) is 94.4 Å². The molecule has 10 nitrogen and oxygen atoms in total. The van der Waals surface area contributed by atoms with Crippen LogP contribution in [0.15, 0.2) is 0 Å². The van der Waals surface area contributed by atoms with Crippen molar-refractivity contribution in [1.29, 1.82) is 0 Å². The van der Waals surface area contributed by atoms with E-state index in [0.29, 0.717) is 0 Å². The summed E-state index contributed by atoms with van der Waals surface area (Å²) in [5.74, 6) is -2.85. The van der Waals surface area contributed by atoms with E-state index in [2.05, 4.69) is 5.32 Å². The van der Waals surface area contributed by atoms with E-state index in [4.69, 9.17) is 18.9 Å². The van der Waals surface area contributed by atoms with Crippen molar-refractivity contribution in [3.05, 3.63) is 0 Å². The fourth-order valence-corrected chi connectivity index (χ4v) is 2.33. The number of carbonyl (C=O) groups excluding carboxylic acids is 5. The summed E-state index contributed by atoms with van der Waals surface area (Å²) in [5, 5.41) is 2.39. The molecule has 0 bridgehead atoms. The number of amides is 1. The molecule has 0 spiro atoms. The summed E-state index contributed by atoms with van der Waals surface area (Å²) < 4.78 is 20.3. The molecule has 1 atom stereocenters. The maximum absolute atomic E-state index is 12.4. The van der Waals surface area contributed by atoms with Gasteiger partial charge in [0.25, 0.3) is 0 Å². The summed E-state index contributed by atoms with van der Waals surface area (Å²) >= 11 is 0. The van der Waals surface area contributed by atoms with E-state index in [9.17, 15) is 24.0 Å². The molecule has 0 unspecified atom stereocenters. The third-order valence-electron chi connectivity index (χ3n) is 3.43. The van der Waals surface area contributed by atoms with Gasteiger partial charge in [0, 0.05) is 19.3 Å². The monoisotopic (exact) mass is 473 g/mol. The lowest BCUT2D eigenvalue weighted by atomic mass is 10.1. The van der Waals surface area contributed by atoms with Crippen LogP contribution in [0.3, 0.4) is 0 Å². The van der Waals surface area contributed by atoms with Crippen molar-refractivity contribution >= 4 is 30.0 Å². The summed E-state index contributed by atoms with van der Waals surface area (Å²) in [6, 6.07) is -1.17. The molecule has 1 amide bonds. The first kappa shape index (κ1) is 30.4. The molecule has 0 radical (unpaired) electrons. The molecule has 0 saturated heterocycles. The van der Waals surface area contributed by atoms with E-state index in [1.807, 2.05) is 0 Å². The Morgan fingerprint density at radius 1 is 0.636 bits per heavy atom. The summed E-state index contributed by atoms with van der Waals surface area (Å²) in [6.07, 6.45) is -1.28. The van der Waals surface area contributed by atoms with Crippen molar-refractivity contribution < 1.29 is 42.9 Å². The van der Waals surface area contributed by atoms with E-state index < -0.39 is 52.8 Å². The molecule has 0 aliphatic carbocycles. The molecule has 0 aromatic carbocycles. The largest absolute Gasteiger partial charge is 0.460 e. The molecule has 0 fully saturated rings. The minimum atomic E-state index is -1.17. The highest BCUT2D eigenvalue weighted by atomic mass is 16.6. The van der Waals surface area contributed by atoms with Gasteiger partial charge in [0.15, 0.2) is 0 Å². The number of ether oxygens (including phenoxy) is 4. The first-order chi connectivity index (χ1) is 14.8.